The van der Waals surface area contributed by atoms with Gasteiger partial charge in [0.05, 0.1) is 36.3 Å². The number of methoxy groups -OCH3 is 2. The SMILES string of the molecule is CCC(C)C([C@@H](CC(O)N1CCC[C@H]1[C@H](OC)[C@@H](C)C(=O)NC(C)C(O)c1ccccc1)OC)N(C)C(O)[C@@H](NC(=O)C(C(C)C)N(C)C(=O)OCC1=CCC(NC)C=C1)C(C)C. The summed E-state index contributed by atoms with van der Waals surface area (Å²) in [6.07, 6.45) is 4.59. The summed E-state index contributed by atoms with van der Waals surface area (Å²) in [5.74, 6) is -1.70. The lowest BCUT2D eigenvalue weighted by molar-refractivity contribution is -0.141. The van der Waals surface area contributed by atoms with Crippen molar-refractivity contribution >= 4 is 17.9 Å². The molecule has 1 aromatic rings. The summed E-state index contributed by atoms with van der Waals surface area (Å²) in [7, 11) is 8.45. The number of carbonyl (C=O) groups is 3. The van der Waals surface area contributed by atoms with E-state index in [1.807, 2.05) is 107 Å². The van der Waals surface area contributed by atoms with E-state index in [9.17, 15) is 29.7 Å². The topological polar surface area (TPSA) is 185 Å². The molecule has 2 aliphatic rings. The van der Waals surface area contributed by atoms with Gasteiger partial charge in [-0.3, -0.25) is 24.3 Å². The van der Waals surface area contributed by atoms with E-state index in [1.165, 1.54) is 4.90 Å². The molecule has 8 unspecified atom stereocenters. The number of likely N-dealkylation sites (N-methyl/N-ethyl adjacent to an activating group) is 3. The predicted octanol–water partition coefficient (Wildman–Crippen LogP) is 4.44. The van der Waals surface area contributed by atoms with Crippen molar-refractivity contribution in [1.29, 1.82) is 0 Å². The highest BCUT2D eigenvalue weighted by atomic mass is 16.6. The maximum atomic E-state index is 14.1. The van der Waals surface area contributed by atoms with Gasteiger partial charge in [-0.2, -0.15) is 0 Å². The first-order valence-corrected chi connectivity index (χ1v) is 23.0. The van der Waals surface area contributed by atoms with Gasteiger partial charge in [-0.25, -0.2) is 4.79 Å². The molecule has 0 saturated carbocycles. The molecule has 3 amide bonds. The van der Waals surface area contributed by atoms with Crippen molar-refractivity contribution in [3.8, 4) is 0 Å². The monoisotopic (exact) mass is 887 g/mol. The molecule has 13 atom stereocenters. The summed E-state index contributed by atoms with van der Waals surface area (Å²) >= 11 is 0. The first-order valence-electron chi connectivity index (χ1n) is 23.0. The van der Waals surface area contributed by atoms with Crippen LogP contribution < -0.4 is 16.0 Å². The van der Waals surface area contributed by atoms with Gasteiger partial charge in [0, 0.05) is 52.4 Å². The Bertz CT molecular complexity index is 1610. The average Bonchev–Trinajstić information content (AvgIpc) is 3.76. The number of rotatable bonds is 25. The van der Waals surface area contributed by atoms with E-state index in [-0.39, 0.29) is 54.8 Å². The van der Waals surface area contributed by atoms with E-state index >= 15 is 0 Å². The molecule has 1 saturated heterocycles. The van der Waals surface area contributed by atoms with E-state index in [0.717, 1.165) is 24.8 Å². The molecule has 0 spiro atoms. The molecule has 0 aromatic heterocycles. The fraction of sp³-hybridized carbons (Fsp3) is 0.729. The standard InChI is InChI=1S/C48H82N6O9/c1-14-31(6)42(52(10)47(59)40(29(2)3)51-46(58)41(30(4)5)53(11)48(60)63-28-34-22-24-36(49-9)25-23-34)38(61-12)27-39(55)54-26-18-21-37(54)44(62-13)32(7)45(57)50-33(8)43(56)35-19-16-15-17-20-35/h15-17,19-20,22-24,29-33,36-44,47,49,55-56,59H,14,18,21,25-28H2,1-13H3,(H,50,57)(H,51,58)/t31?,32-,33?,36?,37+,38-,39?,40+,41?,42?,43?,44-,47?/m1/s1. The summed E-state index contributed by atoms with van der Waals surface area (Å²) in [6.45, 7) is 16.0. The van der Waals surface area contributed by atoms with Gasteiger partial charge in [-0.15, -0.1) is 0 Å². The number of carbonyl (C=O) groups excluding carboxylic acids is 3. The van der Waals surface area contributed by atoms with Crippen molar-refractivity contribution in [2.75, 3.05) is 48.5 Å². The molecule has 1 fully saturated rings. The Labute approximate surface area is 378 Å². The fourth-order valence-corrected chi connectivity index (χ4v) is 9.28. The Morgan fingerprint density at radius 1 is 0.921 bits per heavy atom. The predicted molar refractivity (Wildman–Crippen MR) is 246 cm³/mol. The van der Waals surface area contributed by atoms with Gasteiger partial charge < -0.3 is 45.5 Å². The van der Waals surface area contributed by atoms with E-state index < -0.39 is 66.8 Å². The van der Waals surface area contributed by atoms with Crippen LogP contribution in [0.1, 0.15) is 99.2 Å². The summed E-state index contributed by atoms with van der Waals surface area (Å²) in [5, 5.41) is 44.3. The Balaban J connectivity index is 1.74. The van der Waals surface area contributed by atoms with Gasteiger partial charge in [0.15, 0.2) is 0 Å². The van der Waals surface area contributed by atoms with Gasteiger partial charge >= 0.3 is 6.09 Å². The molecule has 1 heterocycles. The van der Waals surface area contributed by atoms with Crippen molar-refractivity contribution in [3.05, 3.63) is 59.7 Å². The summed E-state index contributed by atoms with van der Waals surface area (Å²) < 4.78 is 17.8. The molecular weight excluding hydrogens is 805 g/mol. The van der Waals surface area contributed by atoms with E-state index in [4.69, 9.17) is 14.2 Å². The minimum atomic E-state index is -1.15. The van der Waals surface area contributed by atoms with Crippen molar-refractivity contribution in [3.63, 3.8) is 0 Å². The second kappa shape index (κ2) is 25.9. The number of benzene rings is 1. The van der Waals surface area contributed by atoms with Crippen LogP contribution in [-0.2, 0) is 23.8 Å². The normalized spacial score (nSPS) is 22.3. The van der Waals surface area contributed by atoms with Crippen molar-refractivity contribution in [2.24, 2.45) is 23.7 Å². The van der Waals surface area contributed by atoms with Crippen LogP contribution in [0.3, 0.4) is 0 Å². The van der Waals surface area contributed by atoms with E-state index in [0.29, 0.717) is 18.5 Å². The van der Waals surface area contributed by atoms with Gasteiger partial charge in [0.25, 0.3) is 0 Å². The zero-order valence-corrected chi connectivity index (χ0v) is 40.4. The van der Waals surface area contributed by atoms with E-state index in [2.05, 4.69) is 29.8 Å². The molecule has 1 aliphatic heterocycles. The number of hydrogen-bond donors (Lipinski definition) is 6. The average molecular weight is 887 g/mol. The highest BCUT2D eigenvalue weighted by Crippen LogP contribution is 2.32. The lowest BCUT2D eigenvalue weighted by Crippen LogP contribution is -2.62. The molecule has 0 bridgehead atoms. The highest BCUT2D eigenvalue weighted by Gasteiger charge is 2.44. The third kappa shape index (κ3) is 14.5. The molecule has 6 N–H and O–H groups in total. The smallest absolute Gasteiger partial charge is 0.410 e. The quantitative estimate of drug-likeness (QED) is 0.0761. The number of likely N-dealkylation sites (tertiary alicyclic amines) is 1. The van der Waals surface area contributed by atoms with E-state index in [1.54, 1.807) is 28.2 Å². The first kappa shape index (κ1) is 53.9. The highest BCUT2D eigenvalue weighted by molar-refractivity contribution is 5.86. The summed E-state index contributed by atoms with van der Waals surface area (Å²) in [6, 6.07) is 6.67. The molecule has 358 valence electrons. The second-order valence-electron chi connectivity index (χ2n) is 18.4. The van der Waals surface area contributed by atoms with Crippen LogP contribution in [0, 0.1) is 23.7 Å². The lowest BCUT2D eigenvalue weighted by Gasteiger charge is -2.45. The Morgan fingerprint density at radius 2 is 1.59 bits per heavy atom. The largest absolute Gasteiger partial charge is 0.445 e. The zero-order valence-electron chi connectivity index (χ0n) is 40.4. The number of nitrogens with zero attached hydrogens (tertiary/aromatic N) is 3. The first-order chi connectivity index (χ1) is 29.8. The molecule has 3 rings (SSSR count). The molecule has 0 radical (unpaired) electrons. The van der Waals surface area contributed by atoms with Crippen LogP contribution in [-0.4, -0.2) is 157 Å². The Kier molecular flexibility index (Phi) is 22.2. The molecule has 63 heavy (non-hydrogen) atoms. The second-order valence-corrected chi connectivity index (χ2v) is 18.4. The van der Waals surface area contributed by atoms with Gasteiger partial charge in [-0.1, -0.05) is 103 Å². The number of aliphatic hydroxyl groups is 3. The molecule has 15 heteroatoms. The summed E-state index contributed by atoms with van der Waals surface area (Å²) in [5.41, 5.74) is 1.60. The van der Waals surface area contributed by atoms with Crippen LogP contribution >= 0.6 is 0 Å². The number of amides is 3. The maximum absolute atomic E-state index is 14.1. The van der Waals surface area contributed by atoms with Crippen LogP contribution in [0.15, 0.2) is 54.1 Å². The number of hydrogen-bond acceptors (Lipinski definition) is 12. The molecule has 1 aliphatic carbocycles. The van der Waals surface area contributed by atoms with Crippen molar-refractivity contribution in [1.82, 2.24) is 30.7 Å². The van der Waals surface area contributed by atoms with Crippen LogP contribution in [0.2, 0.25) is 0 Å². The number of ether oxygens (including phenoxy) is 3. The zero-order chi connectivity index (χ0) is 47.1. The van der Waals surface area contributed by atoms with Gasteiger partial charge in [0.2, 0.25) is 11.8 Å². The lowest BCUT2D eigenvalue weighted by atomic mass is 9.88. The van der Waals surface area contributed by atoms with Crippen LogP contribution in [0.5, 0.6) is 0 Å². The minimum Gasteiger partial charge on any atom is -0.445 e. The third-order valence-corrected chi connectivity index (χ3v) is 13.4. The Hall–Kier alpha value is -3.41. The third-order valence-electron chi connectivity index (χ3n) is 13.4. The van der Waals surface area contributed by atoms with Crippen LogP contribution in [0.25, 0.3) is 0 Å². The fourth-order valence-electron chi connectivity index (χ4n) is 9.28. The summed E-state index contributed by atoms with van der Waals surface area (Å²) in [4.78, 5) is 46.1. The molecule has 15 nitrogen and oxygen atoms in total. The van der Waals surface area contributed by atoms with Crippen molar-refractivity contribution < 1.29 is 43.9 Å². The number of aliphatic hydroxyl groups excluding tert-OH is 3. The van der Waals surface area contributed by atoms with Gasteiger partial charge in [-0.05, 0) is 69.2 Å². The number of nitrogens with one attached hydrogen (secondary N) is 3. The maximum Gasteiger partial charge on any atom is 0.410 e. The van der Waals surface area contributed by atoms with Crippen molar-refractivity contribution in [2.45, 2.75) is 155 Å². The van der Waals surface area contributed by atoms with Crippen LogP contribution in [0.4, 0.5) is 4.79 Å². The molecule has 1 aromatic carbocycles. The minimum absolute atomic E-state index is 0.00548. The molecular formula is C48H82N6O9. The van der Waals surface area contributed by atoms with Gasteiger partial charge in [0.1, 0.15) is 25.1 Å². The Morgan fingerprint density at radius 3 is 2.13 bits per heavy atom.